The van der Waals surface area contributed by atoms with Crippen molar-refractivity contribution in [1.29, 1.82) is 0 Å². The molecule has 5 rings (SSSR count). The third kappa shape index (κ3) is 3.07. The molecule has 2 aliphatic heterocycles. The molecule has 0 spiro atoms. The van der Waals surface area contributed by atoms with Crippen molar-refractivity contribution >= 4 is 16.9 Å². The van der Waals surface area contributed by atoms with Crippen LogP contribution in [0.2, 0.25) is 0 Å². The SMILES string of the molecule is Cc1ccc([C@@H]2c3c(oc4ccccc4c3=O)C(=O)N2CC[NH+]2CCOCC2)o1. The minimum Gasteiger partial charge on any atom is -0.464 e. The molecular formula is C22H23N2O5+. The average Bonchev–Trinajstić information content (AvgIpc) is 3.29. The Morgan fingerprint density at radius 1 is 1.07 bits per heavy atom. The Kier molecular flexibility index (Phi) is 4.49. The highest BCUT2D eigenvalue weighted by Gasteiger charge is 2.44. The third-order valence-corrected chi connectivity index (χ3v) is 5.81. The molecule has 0 aliphatic carbocycles. The van der Waals surface area contributed by atoms with Gasteiger partial charge < -0.3 is 23.4 Å². The molecule has 1 saturated heterocycles. The van der Waals surface area contributed by atoms with E-state index in [4.69, 9.17) is 13.6 Å². The second-order valence-corrected chi connectivity index (χ2v) is 7.63. The van der Waals surface area contributed by atoms with Gasteiger partial charge in [0.1, 0.15) is 36.2 Å². The molecule has 0 saturated carbocycles. The summed E-state index contributed by atoms with van der Waals surface area (Å²) in [6.07, 6.45) is 0. The van der Waals surface area contributed by atoms with Gasteiger partial charge >= 0.3 is 0 Å². The van der Waals surface area contributed by atoms with E-state index < -0.39 is 6.04 Å². The molecule has 4 heterocycles. The van der Waals surface area contributed by atoms with Crippen LogP contribution in [0.15, 0.2) is 50.0 Å². The lowest BCUT2D eigenvalue weighted by atomic mass is 10.0. The molecule has 1 aromatic carbocycles. The second-order valence-electron chi connectivity index (χ2n) is 7.63. The summed E-state index contributed by atoms with van der Waals surface area (Å²) < 4.78 is 17.2. The highest BCUT2D eigenvalue weighted by Crippen LogP contribution is 2.38. The minimum atomic E-state index is -0.563. The van der Waals surface area contributed by atoms with Crippen LogP contribution in [0.5, 0.6) is 0 Å². The Morgan fingerprint density at radius 3 is 2.62 bits per heavy atom. The van der Waals surface area contributed by atoms with Gasteiger partial charge in [-0.15, -0.1) is 0 Å². The number of rotatable bonds is 4. The number of morpholine rings is 1. The van der Waals surface area contributed by atoms with Gasteiger partial charge in [0.15, 0.2) is 5.43 Å². The van der Waals surface area contributed by atoms with Crippen molar-refractivity contribution in [2.75, 3.05) is 39.4 Å². The highest BCUT2D eigenvalue weighted by atomic mass is 16.5. The van der Waals surface area contributed by atoms with Crippen molar-refractivity contribution in [3.8, 4) is 0 Å². The molecule has 0 bridgehead atoms. The predicted molar refractivity (Wildman–Crippen MR) is 105 cm³/mol. The van der Waals surface area contributed by atoms with Gasteiger partial charge in [0.2, 0.25) is 5.76 Å². The van der Waals surface area contributed by atoms with Crippen molar-refractivity contribution in [3.05, 3.63) is 69.5 Å². The number of amides is 1. The van der Waals surface area contributed by atoms with Gasteiger partial charge in [-0.3, -0.25) is 9.59 Å². The summed E-state index contributed by atoms with van der Waals surface area (Å²) >= 11 is 0. The van der Waals surface area contributed by atoms with E-state index in [0.717, 1.165) is 38.6 Å². The zero-order valence-electron chi connectivity index (χ0n) is 16.3. The predicted octanol–water partition coefficient (Wildman–Crippen LogP) is 1.15. The first-order valence-corrected chi connectivity index (χ1v) is 9.98. The van der Waals surface area contributed by atoms with Gasteiger partial charge in [-0.25, -0.2) is 0 Å². The number of carbonyl (C=O) groups excluding carboxylic acids is 1. The summed E-state index contributed by atoms with van der Waals surface area (Å²) in [5.41, 5.74) is 0.634. The maximum absolute atomic E-state index is 13.3. The number of nitrogens with one attached hydrogen (secondary N) is 1. The molecule has 1 amide bonds. The lowest BCUT2D eigenvalue weighted by molar-refractivity contribution is -0.907. The van der Waals surface area contributed by atoms with E-state index in [-0.39, 0.29) is 17.1 Å². The van der Waals surface area contributed by atoms with Gasteiger partial charge in [-0.2, -0.15) is 0 Å². The summed E-state index contributed by atoms with van der Waals surface area (Å²) in [7, 11) is 0. The lowest BCUT2D eigenvalue weighted by Crippen LogP contribution is -3.14. The Hall–Kier alpha value is -2.90. The van der Waals surface area contributed by atoms with Crippen LogP contribution in [0.25, 0.3) is 11.0 Å². The molecular weight excluding hydrogens is 372 g/mol. The molecule has 2 aromatic heterocycles. The van der Waals surface area contributed by atoms with E-state index in [1.165, 1.54) is 4.90 Å². The van der Waals surface area contributed by atoms with Gasteiger partial charge in [-0.05, 0) is 31.2 Å². The number of aryl methyl sites for hydroxylation is 1. The molecule has 7 heteroatoms. The van der Waals surface area contributed by atoms with E-state index in [1.54, 1.807) is 29.2 Å². The van der Waals surface area contributed by atoms with Crippen molar-refractivity contribution in [2.24, 2.45) is 0 Å². The Labute approximate surface area is 167 Å². The number of benzene rings is 1. The van der Waals surface area contributed by atoms with Gasteiger partial charge in [0, 0.05) is 0 Å². The van der Waals surface area contributed by atoms with E-state index in [1.807, 2.05) is 19.1 Å². The van der Waals surface area contributed by atoms with Crippen molar-refractivity contribution in [2.45, 2.75) is 13.0 Å². The van der Waals surface area contributed by atoms with Crippen molar-refractivity contribution < 1.29 is 23.3 Å². The first-order valence-electron chi connectivity index (χ1n) is 9.98. The number of furan rings is 1. The van der Waals surface area contributed by atoms with E-state index in [2.05, 4.69) is 0 Å². The average molecular weight is 395 g/mol. The van der Waals surface area contributed by atoms with Crippen molar-refractivity contribution in [1.82, 2.24) is 4.90 Å². The molecule has 2 aliphatic rings. The van der Waals surface area contributed by atoms with Crippen LogP contribution in [0, 0.1) is 6.92 Å². The number of fused-ring (bicyclic) bond motifs is 2. The van der Waals surface area contributed by atoms with Crippen LogP contribution in [0.1, 0.15) is 33.7 Å². The van der Waals surface area contributed by atoms with Gasteiger partial charge in [0.25, 0.3) is 5.91 Å². The normalized spacial score (nSPS) is 19.8. The zero-order chi connectivity index (χ0) is 20.0. The number of carbonyl (C=O) groups is 1. The van der Waals surface area contributed by atoms with Crippen LogP contribution in [-0.4, -0.2) is 50.2 Å². The monoisotopic (exact) mass is 395 g/mol. The summed E-state index contributed by atoms with van der Waals surface area (Å²) in [4.78, 5) is 29.7. The summed E-state index contributed by atoms with van der Waals surface area (Å²) in [6, 6.07) is 10.2. The topological polar surface area (TPSA) is 77.3 Å². The molecule has 0 unspecified atom stereocenters. The molecule has 29 heavy (non-hydrogen) atoms. The van der Waals surface area contributed by atoms with Crippen LogP contribution >= 0.6 is 0 Å². The Bertz CT molecular complexity index is 1130. The molecule has 0 radical (unpaired) electrons. The maximum Gasteiger partial charge on any atom is 0.291 e. The lowest BCUT2D eigenvalue weighted by Gasteiger charge is -2.28. The minimum absolute atomic E-state index is 0.129. The number of quaternary nitrogens is 1. The number of hydrogen-bond donors (Lipinski definition) is 1. The standard InChI is InChI=1S/C22H22N2O5/c1-14-6-7-17(28-14)19-18-20(25)15-4-2-3-5-16(15)29-21(18)22(26)24(19)9-8-23-10-12-27-13-11-23/h2-7,19H,8-13H2,1H3/p+1/t19-/m1/s1. The van der Waals surface area contributed by atoms with Crippen LogP contribution in [-0.2, 0) is 4.74 Å². The summed E-state index contributed by atoms with van der Waals surface area (Å²) in [5.74, 6) is 1.21. The maximum atomic E-state index is 13.3. The number of nitrogens with zero attached hydrogens (tertiary/aromatic N) is 1. The molecule has 1 atom stereocenters. The quantitative estimate of drug-likeness (QED) is 0.717. The zero-order valence-corrected chi connectivity index (χ0v) is 16.3. The number of para-hydroxylation sites is 1. The fraction of sp³-hybridized carbons (Fsp3) is 0.364. The smallest absolute Gasteiger partial charge is 0.291 e. The van der Waals surface area contributed by atoms with Crippen LogP contribution < -0.4 is 10.3 Å². The Balaban J connectivity index is 1.58. The first kappa shape index (κ1) is 18.1. The molecule has 1 fully saturated rings. The number of hydrogen-bond acceptors (Lipinski definition) is 5. The van der Waals surface area contributed by atoms with Crippen LogP contribution in [0.4, 0.5) is 0 Å². The van der Waals surface area contributed by atoms with Gasteiger partial charge in [0.05, 0.1) is 37.3 Å². The van der Waals surface area contributed by atoms with E-state index in [9.17, 15) is 9.59 Å². The summed E-state index contributed by atoms with van der Waals surface area (Å²) in [5, 5.41) is 0.480. The second kappa shape index (κ2) is 7.17. The first-order chi connectivity index (χ1) is 14.1. The Morgan fingerprint density at radius 2 is 1.86 bits per heavy atom. The van der Waals surface area contributed by atoms with Crippen molar-refractivity contribution in [3.63, 3.8) is 0 Å². The van der Waals surface area contributed by atoms with Gasteiger partial charge in [-0.1, -0.05) is 12.1 Å². The highest BCUT2D eigenvalue weighted by molar-refractivity contribution is 5.98. The molecule has 150 valence electrons. The fourth-order valence-electron chi connectivity index (χ4n) is 4.28. The largest absolute Gasteiger partial charge is 0.464 e. The summed E-state index contributed by atoms with van der Waals surface area (Å²) in [6.45, 7) is 6.45. The third-order valence-electron chi connectivity index (χ3n) is 5.81. The fourth-order valence-corrected chi connectivity index (χ4v) is 4.28. The van der Waals surface area contributed by atoms with E-state index >= 15 is 0 Å². The van der Waals surface area contributed by atoms with Crippen LogP contribution in [0.3, 0.4) is 0 Å². The molecule has 7 nitrogen and oxygen atoms in total. The molecule has 1 N–H and O–H groups in total. The molecule has 3 aromatic rings. The number of ether oxygens (including phenoxy) is 1. The van der Waals surface area contributed by atoms with E-state index in [0.29, 0.717) is 28.8 Å².